The van der Waals surface area contributed by atoms with Gasteiger partial charge in [0, 0.05) is 18.8 Å². The third-order valence-electron chi connectivity index (χ3n) is 3.77. The van der Waals surface area contributed by atoms with Crippen molar-refractivity contribution in [1.82, 2.24) is 4.90 Å². The van der Waals surface area contributed by atoms with E-state index in [2.05, 4.69) is 26.8 Å². The predicted molar refractivity (Wildman–Crippen MR) is 85.1 cm³/mol. The first kappa shape index (κ1) is 15.4. The molecule has 1 amide bonds. The van der Waals surface area contributed by atoms with Gasteiger partial charge < -0.3 is 15.4 Å². The fourth-order valence-electron chi connectivity index (χ4n) is 2.38. The van der Waals surface area contributed by atoms with Crippen molar-refractivity contribution in [3.8, 4) is 5.75 Å². The molecule has 0 spiro atoms. The molecule has 2 N–H and O–H groups in total. The standard InChI is InChI=1S/C17H24N2O2/c1-17(2,3)13-8-10-19(11-9-13)16(20)12-21-15-6-4-14(18)5-7-15/h4-8H,9-12,18H2,1-3H3. The highest BCUT2D eigenvalue weighted by Crippen LogP contribution is 2.30. The normalized spacial score (nSPS) is 15.6. The summed E-state index contributed by atoms with van der Waals surface area (Å²) < 4.78 is 5.50. The number of hydrogen-bond donors (Lipinski definition) is 1. The van der Waals surface area contributed by atoms with Gasteiger partial charge in [-0.1, -0.05) is 32.4 Å². The van der Waals surface area contributed by atoms with Crippen LogP contribution < -0.4 is 10.5 Å². The highest BCUT2D eigenvalue weighted by Gasteiger charge is 2.23. The molecule has 0 aliphatic carbocycles. The maximum Gasteiger partial charge on any atom is 0.260 e. The molecule has 1 heterocycles. The number of anilines is 1. The number of benzene rings is 1. The molecule has 1 aromatic carbocycles. The zero-order valence-corrected chi connectivity index (χ0v) is 13.1. The molecule has 0 bridgehead atoms. The van der Waals surface area contributed by atoms with Crippen molar-refractivity contribution in [3.05, 3.63) is 35.9 Å². The lowest BCUT2D eigenvalue weighted by molar-refractivity contribution is -0.133. The molecule has 0 saturated heterocycles. The van der Waals surface area contributed by atoms with Crippen LogP contribution in [0.5, 0.6) is 5.75 Å². The predicted octanol–water partition coefficient (Wildman–Crippen LogP) is 2.85. The topological polar surface area (TPSA) is 55.6 Å². The third kappa shape index (κ3) is 4.25. The number of hydrogen-bond acceptors (Lipinski definition) is 3. The number of amides is 1. The Morgan fingerprint density at radius 3 is 2.48 bits per heavy atom. The van der Waals surface area contributed by atoms with Crippen LogP contribution in [0.3, 0.4) is 0 Å². The third-order valence-corrected chi connectivity index (χ3v) is 3.77. The van der Waals surface area contributed by atoms with Gasteiger partial charge in [0.25, 0.3) is 5.91 Å². The second-order valence-electron chi connectivity index (χ2n) is 6.43. The molecule has 0 fully saturated rings. The van der Waals surface area contributed by atoms with E-state index >= 15 is 0 Å². The van der Waals surface area contributed by atoms with E-state index in [9.17, 15) is 4.79 Å². The molecule has 1 aliphatic rings. The van der Waals surface area contributed by atoms with Crippen molar-refractivity contribution in [2.24, 2.45) is 5.41 Å². The van der Waals surface area contributed by atoms with Crippen molar-refractivity contribution < 1.29 is 9.53 Å². The van der Waals surface area contributed by atoms with E-state index in [0.717, 1.165) is 13.0 Å². The summed E-state index contributed by atoms with van der Waals surface area (Å²) in [6.07, 6.45) is 3.11. The first-order chi connectivity index (χ1) is 9.86. The molecule has 4 heteroatoms. The first-order valence-electron chi connectivity index (χ1n) is 7.32. The van der Waals surface area contributed by atoms with Gasteiger partial charge in [-0.25, -0.2) is 0 Å². The van der Waals surface area contributed by atoms with Crippen LogP contribution >= 0.6 is 0 Å². The zero-order chi connectivity index (χ0) is 15.5. The van der Waals surface area contributed by atoms with Crippen LogP contribution in [0.4, 0.5) is 5.69 Å². The molecule has 0 saturated carbocycles. The molecular formula is C17H24N2O2. The Balaban J connectivity index is 1.85. The largest absolute Gasteiger partial charge is 0.484 e. The van der Waals surface area contributed by atoms with E-state index in [1.54, 1.807) is 24.3 Å². The van der Waals surface area contributed by atoms with Crippen LogP contribution in [0.25, 0.3) is 0 Å². The van der Waals surface area contributed by atoms with Crippen LogP contribution in [-0.2, 0) is 4.79 Å². The molecule has 0 unspecified atom stereocenters. The summed E-state index contributed by atoms with van der Waals surface area (Å²) in [5, 5.41) is 0. The monoisotopic (exact) mass is 288 g/mol. The first-order valence-corrected chi connectivity index (χ1v) is 7.32. The summed E-state index contributed by atoms with van der Waals surface area (Å²) in [4.78, 5) is 14.0. The maximum absolute atomic E-state index is 12.1. The van der Waals surface area contributed by atoms with Crippen molar-refractivity contribution in [1.29, 1.82) is 0 Å². The number of carbonyl (C=O) groups excluding carboxylic acids is 1. The highest BCUT2D eigenvalue weighted by atomic mass is 16.5. The van der Waals surface area contributed by atoms with Gasteiger partial charge in [0.15, 0.2) is 6.61 Å². The number of carbonyl (C=O) groups is 1. The van der Waals surface area contributed by atoms with Crippen LogP contribution in [0.15, 0.2) is 35.9 Å². The molecule has 21 heavy (non-hydrogen) atoms. The molecule has 4 nitrogen and oxygen atoms in total. The average Bonchev–Trinajstić information content (AvgIpc) is 2.45. The minimum absolute atomic E-state index is 0.0241. The number of rotatable bonds is 3. The molecular weight excluding hydrogens is 264 g/mol. The smallest absolute Gasteiger partial charge is 0.260 e. The van der Waals surface area contributed by atoms with Crippen LogP contribution in [0.1, 0.15) is 27.2 Å². The lowest BCUT2D eigenvalue weighted by atomic mass is 9.83. The van der Waals surface area contributed by atoms with Crippen LogP contribution in [0.2, 0.25) is 0 Å². The van der Waals surface area contributed by atoms with Crippen LogP contribution in [0, 0.1) is 5.41 Å². The summed E-state index contributed by atoms with van der Waals surface area (Å²) in [5.41, 5.74) is 7.91. The number of nitrogens with two attached hydrogens (primary N) is 1. The quantitative estimate of drug-likeness (QED) is 0.687. The Morgan fingerprint density at radius 1 is 1.29 bits per heavy atom. The van der Waals surface area contributed by atoms with E-state index in [1.165, 1.54) is 5.57 Å². The van der Waals surface area contributed by atoms with Crippen molar-refractivity contribution in [2.75, 3.05) is 25.4 Å². The van der Waals surface area contributed by atoms with Gasteiger partial charge in [-0.2, -0.15) is 0 Å². The van der Waals surface area contributed by atoms with Crippen LogP contribution in [-0.4, -0.2) is 30.5 Å². The van der Waals surface area contributed by atoms with E-state index < -0.39 is 0 Å². The summed E-state index contributed by atoms with van der Waals surface area (Å²) >= 11 is 0. The van der Waals surface area contributed by atoms with Gasteiger partial charge in [-0.15, -0.1) is 0 Å². The molecule has 114 valence electrons. The molecule has 1 aliphatic heterocycles. The van der Waals surface area contributed by atoms with Gasteiger partial charge >= 0.3 is 0 Å². The van der Waals surface area contributed by atoms with Crippen molar-refractivity contribution >= 4 is 11.6 Å². The Kier molecular flexibility index (Phi) is 4.56. The van der Waals surface area contributed by atoms with E-state index in [0.29, 0.717) is 18.0 Å². The van der Waals surface area contributed by atoms with Crippen molar-refractivity contribution in [3.63, 3.8) is 0 Å². The lowest BCUT2D eigenvalue weighted by Gasteiger charge is -2.32. The van der Waals surface area contributed by atoms with E-state index in [-0.39, 0.29) is 17.9 Å². The summed E-state index contributed by atoms with van der Waals surface area (Å²) in [5.74, 6) is 0.691. The number of nitrogen functional groups attached to an aromatic ring is 1. The minimum atomic E-state index is 0.0241. The summed E-state index contributed by atoms with van der Waals surface area (Å²) in [6.45, 7) is 8.15. The molecule has 0 atom stereocenters. The summed E-state index contributed by atoms with van der Waals surface area (Å²) in [7, 11) is 0. The van der Waals surface area contributed by atoms with Gasteiger partial charge in [0.2, 0.25) is 0 Å². The van der Waals surface area contributed by atoms with Gasteiger partial charge in [0.05, 0.1) is 0 Å². The molecule has 0 aromatic heterocycles. The fraction of sp³-hybridized carbons (Fsp3) is 0.471. The van der Waals surface area contributed by atoms with E-state index in [4.69, 9.17) is 10.5 Å². The molecule has 0 radical (unpaired) electrons. The average molecular weight is 288 g/mol. The summed E-state index contributed by atoms with van der Waals surface area (Å²) in [6, 6.07) is 7.07. The van der Waals surface area contributed by atoms with Gasteiger partial charge in [0.1, 0.15) is 5.75 Å². The van der Waals surface area contributed by atoms with Crippen molar-refractivity contribution in [2.45, 2.75) is 27.2 Å². The Hall–Kier alpha value is -1.97. The Bertz CT molecular complexity index is 527. The van der Waals surface area contributed by atoms with Gasteiger partial charge in [-0.05, 0) is 36.1 Å². The Labute approximate surface area is 126 Å². The SMILES string of the molecule is CC(C)(C)C1=CCN(C(=O)COc2ccc(N)cc2)CC1. The number of ether oxygens (including phenoxy) is 1. The zero-order valence-electron chi connectivity index (χ0n) is 13.1. The lowest BCUT2D eigenvalue weighted by Crippen LogP contribution is -2.39. The second-order valence-corrected chi connectivity index (χ2v) is 6.43. The van der Waals surface area contributed by atoms with E-state index in [1.807, 2.05) is 4.90 Å². The highest BCUT2D eigenvalue weighted by molar-refractivity contribution is 5.78. The Morgan fingerprint density at radius 2 is 1.95 bits per heavy atom. The van der Waals surface area contributed by atoms with Gasteiger partial charge in [-0.3, -0.25) is 4.79 Å². The maximum atomic E-state index is 12.1. The molecule has 1 aromatic rings. The fourth-order valence-corrected chi connectivity index (χ4v) is 2.38. The minimum Gasteiger partial charge on any atom is -0.484 e. The molecule has 2 rings (SSSR count). The number of nitrogens with zero attached hydrogens (tertiary/aromatic N) is 1. The second kappa shape index (κ2) is 6.20.